The van der Waals surface area contributed by atoms with Gasteiger partial charge in [0.15, 0.2) is 6.61 Å². The van der Waals surface area contributed by atoms with Crippen molar-refractivity contribution in [2.45, 2.75) is 38.8 Å². The van der Waals surface area contributed by atoms with Gasteiger partial charge < -0.3 is 15.4 Å². The van der Waals surface area contributed by atoms with Crippen LogP contribution in [-0.4, -0.2) is 29.3 Å². The van der Waals surface area contributed by atoms with Crippen molar-refractivity contribution in [1.29, 1.82) is 0 Å². The van der Waals surface area contributed by atoms with E-state index in [0.717, 1.165) is 35.8 Å². The van der Waals surface area contributed by atoms with Crippen LogP contribution < -0.4 is 10.6 Å². The minimum atomic E-state index is -4.80. The number of nitrogens with zero attached hydrogens (tertiary/aromatic N) is 1. The first-order chi connectivity index (χ1) is 15.5. The van der Waals surface area contributed by atoms with Gasteiger partial charge in [0.05, 0.1) is 16.1 Å². The predicted octanol–water partition coefficient (Wildman–Crippen LogP) is 4.31. The van der Waals surface area contributed by atoms with Crippen LogP contribution in [0.3, 0.4) is 0 Å². The van der Waals surface area contributed by atoms with Gasteiger partial charge in [-0.3, -0.25) is 19.7 Å². The number of nitro benzene ring substituents is 1. The maximum Gasteiger partial charge on any atom is 0.416 e. The molecule has 1 aliphatic rings. The Morgan fingerprint density at radius 3 is 2.52 bits per heavy atom. The largest absolute Gasteiger partial charge is 0.452 e. The van der Waals surface area contributed by atoms with Gasteiger partial charge in [-0.15, -0.1) is 11.3 Å². The molecule has 0 radical (unpaired) electrons. The van der Waals surface area contributed by atoms with Gasteiger partial charge in [0, 0.05) is 17.9 Å². The third-order valence-electron chi connectivity index (χ3n) is 4.80. The number of thiophene rings is 1. The Morgan fingerprint density at radius 2 is 1.88 bits per heavy atom. The molecular weight excluding hydrogens is 467 g/mol. The Morgan fingerprint density at radius 1 is 1.18 bits per heavy atom. The van der Waals surface area contributed by atoms with E-state index in [9.17, 15) is 37.7 Å². The van der Waals surface area contributed by atoms with Crippen LogP contribution >= 0.6 is 11.3 Å². The molecule has 0 fully saturated rings. The fourth-order valence-electron chi connectivity index (χ4n) is 3.38. The van der Waals surface area contributed by atoms with E-state index in [-0.39, 0.29) is 11.5 Å². The molecule has 0 aliphatic heterocycles. The van der Waals surface area contributed by atoms with Gasteiger partial charge in [-0.1, -0.05) is 0 Å². The van der Waals surface area contributed by atoms with E-state index in [2.05, 4.69) is 10.6 Å². The number of anilines is 2. The van der Waals surface area contributed by atoms with E-state index in [0.29, 0.717) is 23.6 Å². The molecule has 2 aromatic rings. The maximum absolute atomic E-state index is 12.8. The molecule has 1 heterocycles. The summed E-state index contributed by atoms with van der Waals surface area (Å²) < 4.78 is 43.5. The number of alkyl halides is 3. The topological polar surface area (TPSA) is 128 Å². The van der Waals surface area contributed by atoms with Gasteiger partial charge in [-0.2, -0.15) is 13.2 Å². The van der Waals surface area contributed by atoms with Crippen LogP contribution in [0.5, 0.6) is 0 Å². The molecule has 0 unspecified atom stereocenters. The number of halogens is 3. The molecule has 0 bridgehead atoms. The highest BCUT2D eigenvalue weighted by Crippen LogP contribution is 2.39. The quantitative estimate of drug-likeness (QED) is 0.357. The van der Waals surface area contributed by atoms with E-state index in [1.807, 2.05) is 0 Å². The Hall–Kier alpha value is -3.48. The van der Waals surface area contributed by atoms with Crippen molar-refractivity contribution >= 4 is 45.5 Å². The molecule has 2 amide bonds. The molecule has 33 heavy (non-hydrogen) atoms. The Bertz CT molecular complexity index is 1130. The van der Waals surface area contributed by atoms with Crippen LogP contribution in [0.1, 0.15) is 46.1 Å². The zero-order valence-corrected chi connectivity index (χ0v) is 18.0. The van der Waals surface area contributed by atoms with E-state index in [1.54, 1.807) is 0 Å². The smallest absolute Gasteiger partial charge is 0.416 e. The van der Waals surface area contributed by atoms with Gasteiger partial charge in [0.25, 0.3) is 11.6 Å². The van der Waals surface area contributed by atoms with Crippen molar-refractivity contribution in [3.63, 3.8) is 0 Å². The molecule has 13 heteroatoms. The van der Waals surface area contributed by atoms with Gasteiger partial charge in [0.2, 0.25) is 5.91 Å². The van der Waals surface area contributed by atoms with Crippen LogP contribution in [0.15, 0.2) is 18.2 Å². The Labute approximate surface area is 189 Å². The summed E-state index contributed by atoms with van der Waals surface area (Å²) in [6, 6.07) is 1.65. The number of rotatable bonds is 6. The number of aryl methyl sites for hydroxylation is 1. The highest BCUT2D eigenvalue weighted by atomic mass is 32.1. The summed E-state index contributed by atoms with van der Waals surface area (Å²) in [5.41, 5.74) is -1.76. The average molecular weight is 485 g/mol. The van der Waals surface area contributed by atoms with Crippen LogP contribution in [0.4, 0.5) is 29.5 Å². The second-order valence-electron chi connectivity index (χ2n) is 7.21. The molecule has 0 saturated carbocycles. The van der Waals surface area contributed by atoms with Crippen LogP contribution in [0.25, 0.3) is 0 Å². The highest BCUT2D eigenvalue weighted by Gasteiger charge is 2.33. The van der Waals surface area contributed by atoms with Crippen molar-refractivity contribution in [3.8, 4) is 0 Å². The minimum Gasteiger partial charge on any atom is -0.452 e. The molecule has 0 saturated heterocycles. The number of nitrogens with one attached hydrogen (secondary N) is 2. The normalized spacial score (nSPS) is 13.1. The van der Waals surface area contributed by atoms with E-state index >= 15 is 0 Å². The third kappa shape index (κ3) is 5.66. The van der Waals surface area contributed by atoms with Gasteiger partial charge >= 0.3 is 12.1 Å². The summed E-state index contributed by atoms with van der Waals surface area (Å²) >= 11 is 1.26. The van der Waals surface area contributed by atoms with Crippen LogP contribution in [0, 0.1) is 10.1 Å². The number of amides is 2. The number of hydrogen-bond acceptors (Lipinski definition) is 7. The van der Waals surface area contributed by atoms with Crippen molar-refractivity contribution in [1.82, 2.24) is 0 Å². The highest BCUT2D eigenvalue weighted by molar-refractivity contribution is 7.17. The summed E-state index contributed by atoms with van der Waals surface area (Å²) in [4.78, 5) is 47.4. The number of hydrogen-bond donors (Lipinski definition) is 2. The van der Waals surface area contributed by atoms with Crippen molar-refractivity contribution < 1.29 is 37.2 Å². The van der Waals surface area contributed by atoms with Crippen LogP contribution in [0.2, 0.25) is 0 Å². The first kappa shape index (κ1) is 24.2. The predicted molar refractivity (Wildman–Crippen MR) is 112 cm³/mol. The van der Waals surface area contributed by atoms with Gasteiger partial charge in [0.1, 0.15) is 10.7 Å². The summed E-state index contributed by atoms with van der Waals surface area (Å²) in [6.07, 6.45) is -1.65. The summed E-state index contributed by atoms with van der Waals surface area (Å²) in [5, 5.41) is 16.1. The van der Waals surface area contributed by atoms with Crippen molar-refractivity contribution in [2.24, 2.45) is 0 Å². The van der Waals surface area contributed by atoms with Gasteiger partial charge in [-0.25, -0.2) is 4.79 Å². The third-order valence-corrected chi connectivity index (χ3v) is 6.00. The summed E-state index contributed by atoms with van der Waals surface area (Å²) in [7, 11) is 0. The number of benzene rings is 1. The lowest BCUT2D eigenvalue weighted by molar-refractivity contribution is -0.384. The number of fused-ring (bicyclic) bond motifs is 1. The molecule has 1 aliphatic carbocycles. The molecule has 1 aromatic heterocycles. The first-order valence-corrected chi connectivity index (χ1v) is 10.5. The molecule has 1 aromatic carbocycles. The number of carbonyl (C=O) groups excluding carboxylic acids is 3. The second-order valence-corrected chi connectivity index (χ2v) is 8.31. The molecule has 3 rings (SSSR count). The number of ether oxygens (including phenoxy) is 1. The summed E-state index contributed by atoms with van der Waals surface area (Å²) in [6.45, 7) is 0.458. The maximum atomic E-state index is 12.8. The average Bonchev–Trinajstić information content (AvgIpc) is 3.08. The number of carbonyl (C=O) groups is 3. The fourth-order valence-corrected chi connectivity index (χ4v) is 4.71. The van der Waals surface area contributed by atoms with E-state index in [1.165, 1.54) is 18.3 Å². The van der Waals surface area contributed by atoms with E-state index < -0.39 is 46.5 Å². The van der Waals surface area contributed by atoms with E-state index in [4.69, 9.17) is 4.74 Å². The molecular formula is C20H18F3N3O6S. The second kappa shape index (κ2) is 9.57. The first-order valence-electron chi connectivity index (χ1n) is 9.72. The molecule has 0 atom stereocenters. The molecule has 2 N–H and O–H groups in total. The number of nitro groups is 1. The lowest BCUT2D eigenvalue weighted by Gasteiger charge is -2.13. The molecule has 176 valence electrons. The Kier molecular flexibility index (Phi) is 7.01. The fraction of sp³-hybridized carbons (Fsp3) is 0.350. The molecule has 9 nitrogen and oxygen atoms in total. The standard InChI is InChI=1S/C20H18F3N3O6S/c1-10(27)24-18-17(12-4-2-3-5-15(12)33-18)19(29)32-9-16(28)25-13-7-6-11(20(21,22)23)8-14(13)26(30)31/h6-8H,2-5,9H2,1H3,(H,24,27)(H,25,28). The van der Waals surface area contributed by atoms with Crippen molar-refractivity contribution in [3.05, 3.63) is 49.9 Å². The minimum absolute atomic E-state index is 0.165. The van der Waals surface area contributed by atoms with Gasteiger partial charge in [-0.05, 0) is 43.4 Å². The monoisotopic (exact) mass is 485 g/mol. The van der Waals surface area contributed by atoms with Crippen LogP contribution in [-0.2, 0) is 33.3 Å². The number of esters is 1. The molecule has 0 spiro atoms. The lowest BCUT2D eigenvalue weighted by atomic mass is 9.95. The SMILES string of the molecule is CC(=O)Nc1sc2c(c1C(=O)OCC(=O)Nc1ccc(C(F)(F)F)cc1[N+](=O)[O-])CCCC2. The Balaban J connectivity index is 1.73. The zero-order chi connectivity index (χ0) is 24.3. The zero-order valence-electron chi connectivity index (χ0n) is 17.2. The summed E-state index contributed by atoms with van der Waals surface area (Å²) in [5.74, 6) is -2.21. The van der Waals surface area contributed by atoms with Crippen molar-refractivity contribution in [2.75, 3.05) is 17.2 Å². The lowest BCUT2D eigenvalue weighted by Crippen LogP contribution is -2.22.